The fourth-order valence-electron chi connectivity index (χ4n) is 3.83. The fraction of sp³-hybridized carbons (Fsp3) is 0.647. The maximum Gasteiger partial charge on any atom is 0.435 e. The van der Waals surface area contributed by atoms with Crippen molar-refractivity contribution in [3.8, 4) is 0 Å². The summed E-state index contributed by atoms with van der Waals surface area (Å²) in [5.41, 5.74) is -1.48. The SMILES string of the molecule is COCc1nc2n(n1)CC(NC(=O)c1c(C(F)(F)F)nc3n1CCCC3)CC2. The first-order chi connectivity index (χ1) is 13.4. The zero-order valence-corrected chi connectivity index (χ0v) is 15.4. The van der Waals surface area contributed by atoms with Crippen LogP contribution in [0.2, 0.25) is 0 Å². The molecule has 2 aliphatic rings. The van der Waals surface area contributed by atoms with Gasteiger partial charge in [0.05, 0.1) is 6.54 Å². The minimum Gasteiger partial charge on any atom is -0.377 e. The summed E-state index contributed by atoms with van der Waals surface area (Å²) < 4.78 is 48.5. The van der Waals surface area contributed by atoms with Crippen LogP contribution in [0.1, 0.15) is 52.9 Å². The molecule has 4 heterocycles. The number of hydrogen-bond donors (Lipinski definition) is 1. The van der Waals surface area contributed by atoms with Crippen molar-refractivity contribution in [2.45, 2.75) is 64.0 Å². The molecule has 2 aromatic heterocycles. The van der Waals surface area contributed by atoms with Crippen LogP contribution in [0.5, 0.6) is 0 Å². The van der Waals surface area contributed by atoms with E-state index in [1.165, 1.54) is 4.57 Å². The normalized spacial score (nSPS) is 19.2. The Balaban J connectivity index is 1.55. The highest BCUT2D eigenvalue weighted by molar-refractivity contribution is 5.94. The van der Waals surface area contributed by atoms with Crippen LogP contribution < -0.4 is 5.32 Å². The van der Waals surface area contributed by atoms with E-state index in [1.807, 2.05) is 0 Å². The third-order valence-electron chi connectivity index (χ3n) is 5.07. The largest absolute Gasteiger partial charge is 0.435 e. The molecule has 0 bridgehead atoms. The van der Waals surface area contributed by atoms with E-state index in [1.54, 1.807) is 11.8 Å². The third kappa shape index (κ3) is 3.50. The molecule has 0 aliphatic carbocycles. The Bertz CT molecular complexity index is 888. The van der Waals surface area contributed by atoms with E-state index >= 15 is 0 Å². The topological polar surface area (TPSA) is 86.9 Å². The Labute approximate surface area is 159 Å². The monoisotopic (exact) mass is 398 g/mol. The molecule has 1 unspecified atom stereocenters. The van der Waals surface area contributed by atoms with Crippen LogP contribution >= 0.6 is 0 Å². The molecule has 0 saturated heterocycles. The van der Waals surface area contributed by atoms with E-state index < -0.39 is 17.8 Å². The second-order valence-electron chi connectivity index (χ2n) is 7.10. The van der Waals surface area contributed by atoms with Crippen LogP contribution in [0.4, 0.5) is 13.2 Å². The van der Waals surface area contributed by atoms with Crippen LogP contribution in [-0.4, -0.2) is 43.4 Å². The Morgan fingerprint density at radius 2 is 2.07 bits per heavy atom. The number of ether oxygens (including phenoxy) is 1. The summed E-state index contributed by atoms with van der Waals surface area (Å²) >= 11 is 0. The van der Waals surface area contributed by atoms with Gasteiger partial charge in [-0.25, -0.2) is 14.6 Å². The number of alkyl halides is 3. The number of aryl methyl sites for hydroxylation is 2. The van der Waals surface area contributed by atoms with Gasteiger partial charge in [0.25, 0.3) is 5.91 Å². The Morgan fingerprint density at radius 3 is 2.82 bits per heavy atom. The summed E-state index contributed by atoms with van der Waals surface area (Å²) in [6, 6.07) is -0.326. The van der Waals surface area contributed by atoms with Crippen molar-refractivity contribution in [2.24, 2.45) is 0 Å². The van der Waals surface area contributed by atoms with Gasteiger partial charge in [-0.1, -0.05) is 0 Å². The van der Waals surface area contributed by atoms with Crippen molar-refractivity contribution < 1.29 is 22.7 Å². The number of amides is 1. The summed E-state index contributed by atoms with van der Waals surface area (Å²) in [6.07, 6.45) is -1.55. The minimum atomic E-state index is -4.67. The number of halogens is 3. The molecule has 11 heteroatoms. The second kappa shape index (κ2) is 7.19. The summed E-state index contributed by atoms with van der Waals surface area (Å²) in [5, 5.41) is 7.07. The average Bonchev–Trinajstić information content (AvgIpc) is 3.22. The maximum absolute atomic E-state index is 13.5. The average molecular weight is 398 g/mol. The van der Waals surface area contributed by atoms with E-state index in [9.17, 15) is 18.0 Å². The number of nitrogens with zero attached hydrogens (tertiary/aromatic N) is 5. The molecule has 0 aromatic carbocycles. The molecule has 0 radical (unpaired) electrons. The number of fused-ring (bicyclic) bond motifs is 2. The molecule has 152 valence electrons. The minimum absolute atomic E-state index is 0.286. The molecule has 8 nitrogen and oxygen atoms in total. The third-order valence-corrected chi connectivity index (χ3v) is 5.07. The van der Waals surface area contributed by atoms with Crippen molar-refractivity contribution in [2.75, 3.05) is 7.11 Å². The highest BCUT2D eigenvalue weighted by atomic mass is 19.4. The highest BCUT2D eigenvalue weighted by Gasteiger charge is 2.42. The summed E-state index contributed by atoms with van der Waals surface area (Å²) in [6.45, 7) is 1.02. The van der Waals surface area contributed by atoms with E-state index in [2.05, 4.69) is 20.4 Å². The Kier molecular flexibility index (Phi) is 4.86. The molecule has 0 saturated carbocycles. The lowest BCUT2D eigenvalue weighted by molar-refractivity contribution is -0.141. The molecule has 1 N–H and O–H groups in total. The van der Waals surface area contributed by atoms with Gasteiger partial charge in [-0.2, -0.15) is 18.3 Å². The predicted octanol–water partition coefficient (Wildman–Crippen LogP) is 1.72. The summed E-state index contributed by atoms with van der Waals surface area (Å²) in [5.74, 6) is 0.928. The van der Waals surface area contributed by atoms with Gasteiger partial charge >= 0.3 is 6.18 Å². The van der Waals surface area contributed by atoms with Gasteiger partial charge in [-0.05, 0) is 19.3 Å². The molecule has 2 aliphatic heterocycles. The molecular weight excluding hydrogens is 377 g/mol. The number of carbonyl (C=O) groups excluding carboxylic acids is 1. The number of rotatable bonds is 4. The van der Waals surface area contributed by atoms with Crippen LogP contribution in [-0.2, 0) is 43.5 Å². The Hall–Kier alpha value is -2.43. The number of aromatic nitrogens is 5. The lowest BCUT2D eigenvalue weighted by Gasteiger charge is -2.24. The number of imidazole rings is 1. The van der Waals surface area contributed by atoms with Gasteiger partial charge in [-0.3, -0.25) is 4.79 Å². The van der Waals surface area contributed by atoms with Gasteiger partial charge in [0.2, 0.25) is 0 Å². The molecule has 1 atom stereocenters. The number of methoxy groups -OCH3 is 1. The summed E-state index contributed by atoms with van der Waals surface area (Å²) in [4.78, 5) is 20.9. The summed E-state index contributed by atoms with van der Waals surface area (Å²) in [7, 11) is 1.55. The van der Waals surface area contributed by atoms with Gasteiger partial charge in [0, 0.05) is 32.5 Å². The van der Waals surface area contributed by atoms with E-state index in [0.717, 1.165) is 18.7 Å². The van der Waals surface area contributed by atoms with Crippen molar-refractivity contribution >= 4 is 5.91 Å². The van der Waals surface area contributed by atoms with Crippen LogP contribution in [0.15, 0.2) is 0 Å². The molecule has 2 aromatic rings. The quantitative estimate of drug-likeness (QED) is 0.848. The van der Waals surface area contributed by atoms with Crippen LogP contribution in [0.25, 0.3) is 0 Å². The lowest BCUT2D eigenvalue weighted by atomic mass is 10.1. The number of nitrogens with one attached hydrogen (secondary N) is 1. The first-order valence-electron chi connectivity index (χ1n) is 9.26. The first-order valence-corrected chi connectivity index (χ1v) is 9.26. The van der Waals surface area contributed by atoms with Crippen molar-refractivity contribution in [1.29, 1.82) is 0 Å². The molecule has 1 amide bonds. The van der Waals surface area contributed by atoms with Crippen molar-refractivity contribution in [1.82, 2.24) is 29.6 Å². The molecule has 0 spiro atoms. The van der Waals surface area contributed by atoms with E-state index in [-0.39, 0.29) is 18.3 Å². The molecule has 0 fully saturated rings. The lowest BCUT2D eigenvalue weighted by Crippen LogP contribution is -2.42. The predicted molar refractivity (Wildman–Crippen MR) is 90.5 cm³/mol. The van der Waals surface area contributed by atoms with Crippen molar-refractivity contribution in [3.05, 3.63) is 28.9 Å². The van der Waals surface area contributed by atoms with Gasteiger partial charge < -0.3 is 14.6 Å². The zero-order chi connectivity index (χ0) is 19.9. The maximum atomic E-state index is 13.5. The second-order valence-corrected chi connectivity index (χ2v) is 7.10. The zero-order valence-electron chi connectivity index (χ0n) is 15.4. The van der Waals surface area contributed by atoms with Gasteiger partial charge in [0.15, 0.2) is 11.5 Å². The van der Waals surface area contributed by atoms with Gasteiger partial charge in [0.1, 0.15) is 23.9 Å². The van der Waals surface area contributed by atoms with E-state index in [0.29, 0.717) is 44.0 Å². The van der Waals surface area contributed by atoms with Gasteiger partial charge in [-0.15, -0.1) is 0 Å². The molecular formula is C17H21F3N6O2. The number of hydrogen-bond acceptors (Lipinski definition) is 5. The number of carbonyl (C=O) groups is 1. The van der Waals surface area contributed by atoms with Crippen LogP contribution in [0, 0.1) is 0 Å². The fourth-order valence-corrected chi connectivity index (χ4v) is 3.83. The Morgan fingerprint density at radius 1 is 1.25 bits per heavy atom. The first kappa shape index (κ1) is 18.9. The van der Waals surface area contributed by atoms with Crippen molar-refractivity contribution in [3.63, 3.8) is 0 Å². The smallest absolute Gasteiger partial charge is 0.377 e. The van der Waals surface area contributed by atoms with E-state index in [4.69, 9.17) is 4.74 Å². The highest BCUT2D eigenvalue weighted by Crippen LogP contribution is 2.33. The van der Waals surface area contributed by atoms with Crippen LogP contribution in [0.3, 0.4) is 0 Å². The standard InChI is InChI=1S/C17H21F3N6O2/c1-28-9-11-22-13-6-5-10(8-26(13)24-11)21-16(27)14-15(17(18,19)20)23-12-4-2-3-7-25(12)14/h10H,2-9H2,1H3,(H,21,27). The molecule has 4 rings (SSSR count). The molecule has 28 heavy (non-hydrogen) atoms.